The van der Waals surface area contributed by atoms with Gasteiger partial charge in [0.05, 0.1) is 0 Å². The number of fused-ring (bicyclic) bond motifs is 2. The van der Waals surface area contributed by atoms with Crippen molar-refractivity contribution < 1.29 is 4.79 Å². The Morgan fingerprint density at radius 1 is 1.30 bits per heavy atom. The fourth-order valence-corrected chi connectivity index (χ4v) is 2.58. The summed E-state index contributed by atoms with van der Waals surface area (Å²) in [6.07, 6.45) is 4.77. The fourth-order valence-electron chi connectivity index (χ4n) is 2.58. The fraction of sp³-hybridized carbons (Fsp3) is 0.875. The zero-order valence-corrected chi connectivity index (χ0v) is 5.99. The molecule has 2 aliphatic rings. The summed E-state index contributed by atoms with van der Waals surface area (Å²) in [5.41, 5.74) is 5.84. The molecule has 56 valence electrons. The lowest BCUT2D eigenvalue weighted by atomic mass is 9.86. The summed E-state index contributed by atoms with van der Waals surface area (Å²) >= 11 is 0. The Labute approximate surface area is 60.8 Å². The van der Waals surface area contributed by atoms with E-state index in [9.17, 15) is 4.79 Å². The van der Waals surface area contributed by atoms with Gasteiger partial charge in [0.25, 0.3) is 0 Å². The zero-order chi connectivity index (χ0) is 7.14. The van der Waals surface area contributed by atoms with Gasteiger partial charge in [-0.2, -0.15) is 0 Å². The van der Waals surface area contributed by atoms with Gasteiger partial charge in [0.1, 0.15) is 6.29 Å². The van der Waals surface area contributed by atoms with Crippen LogP contribution < -0.4 is 5.73 Å². The molecule has 0 amide bonds. The molecule has 2 rings (SSSR count). The number of carbonyl (C=O) groups excluding carboxylic acids is 1. The Bertz CT molecular complexity index is 155. The molecule has 0 saturated heterocycles. The first-order valence-electron chi connectivity index (χ1n) is 4.04. The molecule has 0 aromatic heterocycles. The van der Waals surface area contributed by atoms with Gasteiger partial charge in [0, 0.05) is 12.0 Å². The molecule has 0 spiro atoms. The number of hydrogen-bond acceptors (Lipinski definition) is 2. The summed E-state index contributed by atoms with van der Waals surface area (Å²) < 4.78 is 0. The minimum atomic E-state index is 0.191. The van der Waals surface area contributed by atoms with Crippen LogP contribution in [0.25, 0.3) is 0 Å². The van der Waals surface area contributed by atoms with Crippen LogP contribution in [-0.2, 0) is 4.79 Å². The maximum atomic E-state index is 10.5. The highest BCUT2D eigenvalue weighted by Gasteiger charge is 2.45. The molecule has 0 heterocycles. The molecule has 2 N–H and O–H groups in total. The Hall–Kier alpha value is -0.370. The number of carbonyl (C=O) groups is 1. The van der Waals surface area contributed by atoms with Crippen LogP contribution in [0.5, 0.6) is 0 Å². The molecular weight excluding hydrogens is 126 g/mol. The van der Waals surface area contributed by atoms with E-state index in [0.717, 1.165) is 6.29 Å². The van der Waals surface area contributed by atoms with Crippen LogP contribution in [0.4, 0.5) is 0 Å². The van der Waals surface area contributed by atoms with E-state index in [-0.39, 0.29) is 12.0 Å². The summed E-state index contributed by atoms with van der Waals surface area (Å²) in [6, 6.07) is 0.191. The SMILES string of the molecule is N[C@@H]1C(C=O)[C@H]2CC[C@@H]1C2. The van der Waals surface area contributed by atoms with Gasteiger partial charge in [-0.3, -0.25) is 0 Å². The van der Waals surface area contributed by atoms with Crippen molar-refractivity contribution in [3.63, 3.8) is 0 Å². The van der Waals surface area contributed by atoms with Crippen LogP contribution in [0.15, 0.2) is 0 Å². The molecule has 2 bridgehead atoms. The van der Waals surface area contributed by atoms with Gasteiger partial charge >= 0.3 is 0 Å². The summed E-state index contributed by atoms with van der Waals surface area (Å²) in [7, 11) is 0. The highest BCUT2D eigenvalue weighted by atomic mass is 16.1. The molecule has 2 heteroatoms. The molecule has 2 fully saturated rings. The standard InChI is InChI=1S/C8H13NO/c9-8-6-2-1-5(3-6)7(8)4-10/h4-8H,1-3,9H2/t5-,6+,7?,8-/m0/s1. The smallest absolute Gasteiger partial charge is 0.124 e. The van der Waals surface area contributed by atoms with Gasteiger partial charge in [0.15, 0.2) is 0 Å². The van der Waals surface area contributed by atoms with Crippen LogP contribution in [0, 0.1) is 17.8 Å². The second kappa shape index (κ2) is 2.06. The average Bonchev–Trinajstić information content (AvgIpc) is 2.46. The van der Waals surface area contributed by atoms with E-state index in [1.165, 1.54) is 19.3 Å². The Morgan fingerprint density at radius 2 is 2.00 bits per heavy atom. The van der Waals surface area contributed by atoms with Crippen molar-refractivity contribution in [2.24, 2.45) is 23.5 Å². The minimum absolute atomic E-state index is 0.191. The van der Waals surface area contributed by atoms with E-state index < -0.39 is 0 Å². The first-order chi connectivity index (χ1) is 4.83. The van der Waals surface area contributed by atoms with Crippen LogP contribution in [0.1, 0.15) is 19.3 Å². The highest BCUT2D eigenvalue weighted by Crippen LogP contribution is 2.46. The number of rotatable bonds is 1. The van der Waals surface area contributed by atoms with Gasteiger partial charge in [0.2, 0.25) is 0 Å². The van der Waals surface area contributed by atoms with Crippen molar-refractivity contribution in [3.05, 3.63) is 0 Å². The normalized spacial score (nSPS) is 51.7. The van der Waals surface area contributed by atoms with E-state index in [1.54, 1.807) is 0 Å². The molecule has 2 saturated carbocycles. The molecule has 0 aliphatic heterocycles. The average molecular weight is 139 g/mol. The molecule has 2 aliphatic carbocycles. The quantitative estimate of drug-likeness (QED) is 0.539. The first-order valence-corrected chi connectivity index (χ1v) is 4.04. The zero-order valence-electron chi connectivity index (χ0n) is 5.99. The van der Waals surface area contributed by atoms with Crippen molar-refractivity contribution in [2.45, 2.75) is 25.3 Å². The molecule has 0 aromatic carbocycles. The van der Waals surface area contributed by atoms with E-state index >= 15 is 0 Å². The monoisotopic (exact) mass is 139 g/mol. The van der Waals surface area contributed by atoms with Crippen LogP contribution in [-0.4, -0.2) is 12.3 Å². The largest absolute Gasteiger partial charge is 0.327 e. The molecule has 1 unspecified atom stereocenters. The van der Waals surface area contributed by atoms with Gasteiger partial charge in [-0.25, -0.2) is 0 Å². The summed E-state index contributed by atoms with van der Waals surface area (Å²) in [5, 5.41) is 0. The third-order valence-electron chi connectivity index (χ3n) is 3.20. The third-order valence-corrected chi connectivity index (χ3v) is 3.20. The van der Waals surface area contributed by atoms with Gasteiger partial charge < -0.3 is 10.5 Å². The summed E-state index contributed by atoms with van der Waals surface area (Å²) in [4.78, 5) is 10.5. The van der Waals surface area contributed by atoms with Gasteiger partial charge in [-0.05, 0) is 31.1 Å². The van der Waals surface area contributed by atoms with E-state index in [1.807, 2.05) is 0 Å². The van der Waals surface area contributed by atoms with Crippen molar-refractivity contribution in [1.29, 1.82) is 0 Å². The molecule has 10 heavy (non-hydrogen) atoms. The van der Waals surface area contributed by atoms with Crippen molar-refractivity contribution in [3.8, 4) is 0 Å². The summed E-state index contributed by atoms with van der Waals surface area (Å²) in [6.45, 7) is 0. The third kappa shape index (κ3) is 0.655. The lowest BCUT2D eigenvalue weighted by Crippen LogP contribution is -2.36. The number of hydrogen-bond donors (Lipinski definition) is 1. The minimum Gasteiger partial charge on any atom is -0.327 e. The summed E-state index contributed by atoms with van der Waals surface area (Å²) in [5.74, 6) is 1.50. The van der Waals surface area contributed by atoms with E-state index in [0.29, 0.717) is 11.8 Å². The highest BCUT2D eigenvalue weighted by molar-refractivity contribution is 5.56. The second-order valence-corrected chi connectivity index (χ2v) is 3.62. The Balaban J connectivity index is 2.16. The molecular formula is C8H13NO. The number of aldehydes is 1. The van der Waals surface area contributed by atoms with E-state index in [2.05, 4.69) is 0 Å². The topological polar surface area (TPSA) is 43.1 Å². The first kappa shape index (κ1) is 6.35. The second-order valence-electron chi connectivity index (χ2n) is 3.62. The molecule has 2 nitrogen and oxygen atoms in total. The van der Waals surface area contributed by atoms with Crippen LogP contribution in [0.2, 0.25) is 0 Å². The van der Waals surface area contributed by atoms with Crippen molar-refractivity contribution in [1.82, 2.24) is 0 Å². The van der Waals surface area contributed by atoms with Gasteiger partial charge in [-0.15, -0.1) is 0 Å². The molecule has 4 atom stereocenters. The van der Waals surface area contributed by atoms with Crippen molar-refractivity contribution >= 4 is 6.29 Å². The molecule has 0 aromatic rings. The van der Waals surface area contributed by atoms with E-state index in [4.69, 9.17) is 5.73 Å². The van der Waals surface area contributed by atoms with Gasteiger partial charge in [-0.1, -0.05) is 0 Å². The van der Waals surface area contributed by atoms with Crippen molar-refractivity contribution in [2.75, 3.05) is 0 Å². The maximum absolute atomic E-state index is 10.5. The predicted molar refractivity (Wildman–Crippen MR) is 38.4 cm³/mol. The predicted octanol–water partition coefficient (Wildman–Crippen LogP) is 0.559. The molecule has 0 radical (unpaired) electrons. The lowest BCUT2D eigenvalue weighted by molar-refractivity contribution is -0.112. The Kier molecular flexibility index (Phi) is 1.31. The maximum Gasteiger partial charge on any atom is 0.124 e. The number of nitrogens with two attached hydrogens (primary N) is 1. The lowest BCUT2D eigenvalue weighted by Gasteiger charge is -2.22. The van der Waals surface area contributed by atoms with Crippen LogP contribution >= 0.6 is 0 Å². The Morgan fingerprint density at radius 3 is 2.40 bits per heavy atom. The van der Waals surface area contributed by atoms with Crippen LogP contribution in [0.3, 0.4) is 0 Å².